The Morgan fingerprint density at radius 1 is 1.07 bits per heavy atom. The van der Waals surface area contributed by atoms with Gasteiger partial charge in [0.2, 0.25) is 5.91 Å². The van der Waals surface area contributed by atoms with Crippen LogP contribution in [0.3, 0.4) is 0 Å². The van der Waals surface area contributed by atoms with Crippen molar-refractivity contribution >= 4 is 11.8 Å². The Balaban J connectivity index is 2.14. The van der Waals surface area contributed by atoms with Gasteiger partial charge in [-0.15, -0.1) is 0 Å². The molecule has 5 nitrogen and oxygen atoms in total. The van der Waals surface area contributed by atoms with E-state index in [9.17, 15) is 9.59 Å². The van der Waals surface area contributed by atoms with Crippen molar-refractivity contribution in [2.75, 3.05) is 13.7 Å². The molecular formula is C23H30N2O3. The van der Waals surface area contributed by atoms with Crippen molar-refractivity contribution in [3.63, 3.8) is 0 Å². The summed E-state index contributed by atoms with van der Waals surface area (Å²) in [5.74, 6) is 0.385. The van der Waals surface area contributed by atoms with Gasteiger partial charge in [-0.05, 0) is 37.5 Å². The molecule has 0 aliphatic heterocycles. The predicted octanol–water partition coefficient (Wildman–Crippen LogP) is 3.81. The number of amides is 2. The highest BCUT2D eigenvalue weighted by Crippen LogP contribution is 2.20. The number of ether oxygens (including phenoxy) is 1. The van der Waals surface area contributed by atoms with Gasteiger partial charge in [0, 0.05) is 24.7 Å². The van der Waals surface area contributed by atoms with Gasteiger partial charge < -0.3 is 15.0 Å². The summed E-state index contributed by atoms with van der Waals surface area (Å²) >= 11 is 0. The lowest BCUT2D eigenvalue weighted by atomic mass is 10.0. The fraction of sp³-hybridized carbons (Fsp3) is 0.391. The van der Waals surface area contributed by atoms with Gasteiger partial charge in [-0.1, -0.05) is 50.2 Å². The lowest BCUT2D eigenvalue weighted by Gasteiger charge is -2.28. The Morgan fingerprint density at radius 2 is 1.71 bits per heavy atom. The third-order valence-corrected chi connectivity index (χ3v) is 4.67. The average Bonchev–Trinajstić information content (AvgIpc) is 2.67. The zero-order chi connectivity index (χ0) is 20.7. The number of benzene rings is 2. The van der Waals surface area contributed by atoms with Crippen LogP contribution >= 0.6 is 0 Å². The Kier molecular flexibility index (Phi) is 7.61. The van der Waals surface area contributed by atoms with Gasteiger partial charge in [-0.3, -0.25) is 9.59 Å². The van der Waals surface area contributed by atoms with Crippen molar-refractivity contribution in [2.24, 2.45) is 5.92 Å². The van der Waals surface area contributed by atoms with E-state index in [4.69, 9.17) is 4.74 Å². The molecule has 1 N–H and O–H groups in total. The Labute approximate surface area is 167 Å². The summed E-state index contributed by atoms with van der Waals surface area (Å²) in [6.07, 6.45) is 0. The number of hydrogen-bond acceptors (Lipinski definition) is 3. The van der Waals surface area contributed by atoms with Crippen LogP contribution in [0.1, 0.15) is 42.3 Å². The van der Waals surface area contributed by atoms with E-state index in [1.165, 1.54) is 0 Å². The summed E-state index contributed by atoms with van der Waals surface area (Å²) in [6.45, 7) is 8.67. The molecule has 2 amide bonds. The quantitative estimate of drug-likeness (QED) is 0.755. The lowest BCUT2D eigenvalue weighted by molar-refractivity contribution is -0.133. The normalized spacial score (nSPS) is 11.8. The van der Waals surface area contributed by atoms with Crippen molar-refractivity contribution < 1.29 is 14.3 Å². The van der Waals surface area contributed by atoms with Crippen LogP contribution in [-0.2, 0) is 11.3 Å². The molecule has 0 aromatic heterocycles. The number of nitrogens with zero attached hydrogens (tertiary/aromatic N) is 1. The van der Waals surface area contributed by atoms with Crippen molar-refractivity contribution in [1.82, 2.24) is 10.2 Å². The van der Waals surface area contributed by atoms with Gasteiger partial charge in [0.15, 0.2) is 0 Å². The Hall–Kier alpha value is -2.82. The molecule has 1 unspecified atom stereocenters. The molecule has 0 radical (unpaired) electrons. The molecule has 0 fully saturated rings. The lowest BCUT2D eigenvalue weighted by Crippen LogP contribution is -2.50. The summed E-state index contributed by atoms with van der Waals surface area (Å²) in [6, 6.07) is 14.5. The largest absolute Gasteiger partial charge is 0.494 e. The number of rotatable bonds is 8. The van der Waals surface area contributed by atoms with Crippen LogP contribution in [0, 0.1) is 12.8 Å². The molecule has 0 spiro atoms. The van der Waals surface area contributed by atoms with Crippen LogP contribution < -0.4 is 10.1 Å². The van der Waals surface area contributed by atoms with Gasteiger partial charge in [-0.25, -0.2) is 0 Å². The van der Waals surface area contributed by atoms with E-state index < -0.39 is 6.04 Å². The van der Waals surface area contributed by atoms with E-state index >= 15 is 0 Å². The first-order chi connectivity index (χ1) is 13.3. The first-order valence-electron chi connectivity index (χ1n) is 9.67. The summed E-state index contributed by atoms with van der Waals surface area (Å²) < 4.78 is 5.65. The fourth-order valence-corrected chi connectivity index (χ4v) is 3.06. The molecule has 0 saturated carbocycles. The Bertz CT molecular complexity index is 817. The van der Waals surface area contributed by atoms with Crippen LogP contribution in [0.5, 0.6) is 5.75 Å². The van der Waals surface area contributed by atoms with E-state index in [2.05, 4.69) is 5.32 Å². The number of nitrogens with one attached hydrogen (secondary N) is 1. The SMILES string of the molecule is CCOc1ccccc1CN(C)C(=O)C(NC(=O)c1ccccc1C)C(C)C. The highest BCUT2D eigenvalue weighted by molar-refractivity contribution is 5.98. The number of carbonyl (C=O) groups excluding carboxylic acids is 2. The summed E-state index contributed by atoms with van der Waals surface area (Å²) in [5, 5.41) is 2.92. The topological polar surface area (TPSA) is 58.6 Å². The van der Waals surface area contributed by atoms with Crippen LogP contribution in [0.15, 0.2) is 48.5 Å². The number of para-hydroxylation sites is 1. The van der Waals surface area contributed by atoms with Gasteiger partial charge in [-0.2, -0.15) is 0 Å². The molecule has 0 aliphatic carbocycles. The van der Waals surface area contributed by atoms with Crippen LogP contribution in [0.2, 0.25) is 0 Å². The van der Waals surface area contributed by atoms with E-state index in [-0.39, 0.29) is 17.7 Å². The molecule has 150 valence electrons. The zero-order valence-electron chi connectivity index (χ0n) is 17.4. The maximum atomic E-state index is 13.1. The van der Waals surface area contributed by atoms with Crippen molar-refractivity contribution in [2.45, 2.75) is 40.3 Å². The molecular weight excluding hydrogens is 352 g/mol. The molecule has 1 atom stereocenters. The van der Waals surface area contributed by atoms with E-state index in [0.29, 0.717) is 18.7 Å². The predicted molar refractivity (Wildman–Crippen MR) is 111 cm³/mol. The molecule has 0 saturated heterocycles. The van der Waals surface area contributed by atoms with Crippen molar-refractivity contribution in [1.29, 1.82) is 0 Å². The Morgan fingerprint density at radius 3 is 2.36 bits per heavy atom. The minimum absolute atomic E-state index is 0.0370. The van der Waals surface area contributed by atoms with Gasteiger partial charge in [0.05, 0.1) is 6.61 Å². The molecule has 2 aromatic rings. The van der Waals surface area contributed by atoms with Crippen molar-refractivity contribution in [3.8, 4) is 5.75 Å². The third kappa shape index (κ3) is 5.35. The van der Waals surface area contributed by atoms with Gasteiger partial charge >= 0.3 is 0 Å². The maximum absolute atomic E-state index is 13.1. The molecule has 28 heavy (non-hydrogen) atoms. The molecule has 5 heteroatoms. The minimum atomic E-state index is -0.601. The highest BCUT2D eigenvalue weighted by Gasteiger charge is 2.28. The van der Waals surface area contributed by atoms with E-state index in [0.717, 1.165) is 16.9 Å². The zero-order valence-corrected chi connectivity index (χ0v) is 17.4. The van der Waals surface area contributed by atoms with Crippen LogP contribution in [0.4, 0.5) is 0 Å². The summed E-state index contributed by atoms with van der Waals surface area (Å²) in [7, 11) is 1.75. The smallest absolute Gasteiger partial charge is 0.252 e. The standard InChI is InChI=1S/C23H30N2O3/c1-6-28-20-14-10-8-12-18(20)15-25(5)23(27)21(16(2)3)24-22(26)19-13-9-7-11-17(19)4/h7-14,16,21H,6,15H2,1-5H3,(H,24,26). The molecule has 0 bridgehead atoms. The average molecular weight is 383 g/mol. The van der Waals surface area contributed by atoms with Gasteiger partial charge in [0.1, 0.15) is 11.8 Å². The molecule has 2 rings (SSSR count). The third-order valence-electron chi connectivity index (χ3n) is 4.67. The van der Waals surface area contributed by atoms with Crippen LogP contribution in [0.25, 0.3) is 0 Å². The maximum Gasteiger partial charge on any atom is 0.252 e. The number of likely N-dealkylation sites (N-methyl/N-ethyl adjacent to an activating group) is 1. The molecule has 2 aromatic carbocycles. The highest BCUT2D eigenvalue weighted by atomic mass is 16.5. The number of hydrogen-bond donors (Lipinski definition) is 1. The second-order valence-corrected chi connectivity index (χ2v) is 7.25. The van der Waals surface area contributed by atoms with Crippen molar-refractivity contribution in [3.05, 3.63) is 65.2 Å². The number of aryl methyl sites for hydroxylation is 1. The monoisotopic (exact) mass is 382 g/mol. The van der Waals surface area contributed by atoms with E-state index in [1.807, 2.05) is 70.2 Å². The summed E-state index contributed by atoms with van der Waals surface area (Å²) in [5.41, 5.74) is 2.41. The van der Waals surface area contributed by atoms with Crippen LogP contribution in [-0.4, -0.2) is 36.4 Å². The van der Waals surface area contributed by atoms with Gasteiger partial charge in [0.25, 0.3) is 5.91 Å². The fourth-order valence-electron chi connectivity index (χ4n) is 3.06. The molecule has 0 aliphatic rings. The second-order valence-electron chi connectivity index (χ2n) is 7.25. The van der Waals surface area contributed by atoms with E-state index in [1.54, 1.807) is 18.0 Å². The summed E-state index contributed by atoms with van der Waals surface area (Å²) in [4.78, 5) is 27.4. The first-order valence-corrected chi connectivity index (χ1v) is 9.67. The number of carbonyl (C=O) groups is 2. The minimum Gasteiger partial charge on any atom is -0.494 e. The molecule has 0 heterocycles. The first kappa shape index (κ1) is 21.5. The second kappa shape index (κ2) is 9.93.